The summed E-state index contributed by atoms with van der Waals surface area (Å²) in [6, 6.07) is 5.88. The van der Waals surface area contributed by atoms with Crippen LogP contribution in [0.1, 0.15) is 5.69 Å². The first-order chi connectivity index (χ1) is 9.33. The SMILES string of the molecule is COc1cccc2[nH]cc(-c3cnc(CN)cn3)c12. The van der Waals surface area contributed by atoms with Crippen molar-refractivity contribution in [3.8, 4) is 17.0 Å². The summed E-state index contributed by atoms with van der Waals surface area (Å²) in [7, 11) is 1.66. The van der Waals surface area contributed by atoms with E-state index in [1.807, 2.05) is 24.4 Å². The van der Waals surface area contributed by atoms with Crippen LogP contribution in [0.2, 0.25) is 0 Å². The van der Waals surface area contributed by atoms with Crippen LogP contribution in [0, 0.1) is 0 Å². The van der Waals surface area contributed by atoms with E-state index in [2.05, 4.69) is 15.0 Å². The fourth-order valence-corrected chi connectivity index (χ4v) is 2.12. The first-order valence-electron chi connectivity index (χ1n) is 5.99. The number of fused-ring (bicyclic) bond motifs is 1. The summed E-state index contributed by atoms with van der Waals surface area (Å²) in [4.78, 5) is 11.9. The molecule has 0 aliphatic rings. The molecule has 0 amide bonds. The van der Waals surface area contributed by atoms with E-state index < -0.39 is 0 Å². The molecular formula is C14H14N4O. The van der Waals surface area contributed by atoms with Crippen molar-refractivity contribution in [2.24, 2.45) is 5.73 Å². The van der Waals surface area contributed by atoms with E-state index in [1.165, 1.54) is 0 Å². The number of hydrogen-bond donors (Lipinski definition) is 2. The Morgan fingerprint density at radius 3 is 2.84 bits per heavy atom. The molecule has 2 aromatic heterocycles. The van der Waals surface area contributed by atoms with E-state index in [-0.39, 0.29) is 0 Å². The molecule has 3 N–H and O–H groups in total. The molecule has 0 spiro atoms. The molecule has 0 saturated carbocycles. The van der Waals surface area contributed by atoms with Crippen LogP contribution in [-0.2, 0) is 6.54 Å². The maximum Gasteiger partial charge on any atom is 0.128 e. The molecule has 0 saturated heterocycles. The molecule has 3 aromatic rings. The molecule has 5 heteroatoms. The number of aromatic amines is 1. The second-order valence-corrected chi connectivity index (χ2v) is 4.18. The normalized spacial score (nSPS) is 10.8. The van der Waals surface area contributed by atoms with E-state index in [9.17, 15) is 0 Å². The third-order valence-corrected chi connectivity index (χ3v) is 3.08. The number of hydrogen-bond acceptors (Lipinski definition) is 4. The van der Waals surface area contributed by atoms with E-state index in [4.69, 9.17) is 10.5 Å². The highest BCUT2D eigenvalue weighted by molar-refractivity contribution is 5.99. The van der Waals surface area contributed by atoms with Crippen molar-refractivity contribution in [1.29, 1.82) is 0 Å². The lowest BCUT2D eigenvalue weighted by molar-refractivity contribution is 0.420. The summed E-state index contributed by atoms with van der Waals surface area (Å²) < 4.78 is 5.40. The van der Waals surface area contributed by atoms with Gasteiger partial charge in [0.05, 0.1) is 36.3 Å². The van der Waals surface area contributed by atoms with Gasteiger partial charge >= 0.3 is 0 Å². The summed E-state index contributed by atoms with van der Waals surface area (Å²) >= 11 is 0. The van der Waals surface area contributed by atoms with Crippen LogP contribution >= 0.6 is 0 Å². The first-order valence-corrected chi connectivity index (χ1v) is 5.99. The maximum atomic E-state index is 5.53. The van der Waals surface area contributed by atoms with Gasteiger partial charge in [-0.3, -0.25) is 9.97 Å². The van der Waals surface area contributed by atoms with Gasteiger partial charge in [0, 0.05) is 23.8 Å². The Kier molecular flexibility index (Phi) is 2.89. The summed E-state index contributed by atoms with van der Waals surface area (Å²) in [5, 5.41) is 1.01. The minimum atomic E-state index is 0.393. The fourth-order valence-electron chi connectivity index (χ4n) is 2.12. The highest BCUT2D eigenvalue weighted by Gasteiger charge is 2.11. The highest BCUT2D eigenvalue weighted by atomic mass is 16.5. The predicted octanol–water partition coefficient (Wildman–Crippen LogP) is 2.09. The molecule has 0 aliphatic heterocycles. The molecular weight excluding hydrogens is 240 g/mol. The highest BCUT2D eigenvalue weighted by Crippen LogP contribution is 2.33. The molecule has 2 heterocycles. The van der Waals surface area contributed by atoms with Gasteiger partial charge in [0.15, 0.2) is 0 Å². The van der Waals surface area contributed by atoms with Gasteiger partial charge in [-0.2, -0.15) is 0 Å². The summed E-state index contributed by atoms with van der Waals surface area (Å²) in [6.45, 7) is 0.393. The Labute approximate surface area is 110 Å². The van der Waals surface area contributed by atoms with Crippen LogP contribution in [0.15, 0.2) is 36.8 Å². The van der Waals surface area contributed by atoms with Crippen molar-refractivity contribution in [1.82, 2.24) is 15.0 Å². The predicted molar refractivity (Wildman–Crippen MR) is 73.8 cm³/mol. The number of nitrogens with one attached hydrogen (secondary N) is 1. The minimum Gasteiger partial charge on any atom is -0.496 e. The number of H-pyrrole nitrogens is 1. The Hall–Kier alpha value is -2.40. The fraction of sp³-hybridized carbons (Fsp3) is 0.143. The van der Waals surface area contributed by atoms with E-state index in [0.29, 0.717) is 6.54 Å². The van der Waals surface area contributed by atoms with Crippen LogP contribution in [0.4, 0.5) is 0 Å². The smallest absolute Gasteiger partial charge is 0.128 e. The van der Waals surface area contributed by atoms with Crippen LogP contribution in [0.5, 0.6) is 5.75 Å². The van der Waals surface area contributed by atoms with Gasteiger partial charge in [-0.25, -0.2) is 0 Å². The Bertz CT molecular complexity index is 703. The number of aromatic nitrogens is 3. The van der Waals surface area contributed by atoms with Crippen molar-refractivity contribution in [2.75, 3.05) is 7.11 Å². The van der Waals surface area contributed by atoms with Crippen molar-refractivity contribution >= 4 is 10.9 Å². The molecule has 3 rings (SSSR count). The molecule has 0 atom stereocenters. The molecule has 5 nitrogen and oxygen atoms in total. The van der Waals surface area contributed by atoms with Gasteiger partial charge in [-0.15, -0.1) is 0 Å². The van der Waals surface area contributed by atoms with Crippen molar-refractivity contribution < 1.29 is 4.74 Å². The molecule has 0 bridgehead atoms. The van der Waals surface area contributed by atoms with Crippen LogP contribution in [0.3, 0.4) is 0 Å². The van der Waals surface area contributed by atoms with Crippen molar-refractivity contribution in [3.63, 3.8) is 0 Å². The lowest BCUT2D eigenvalue weighted by Crippen LogP contribution is -2.00. The second-order valence-electron chi connectivity index (χ2n) is 4.18. The summed E-state index contributed by atoms with van der Waals surface area (Å²) in [6.07, 6.45) is 5.35. The van der Waals surface area contributed by atoms with Gasteiger partial charge in [-0.05, 0) is 12.1 Å². The minimum absolute atomic E-state index is 0.393. The molecule has 0 fully saturated rings. The summed E-state index contributed by atoms with van der Waals surface area (Å²) in [5.41, 5.74) is 9.09. The van der Waals surface area contributed by atoms with Crippen LogP contribution in [-0.4, -0.2) is 22.1 Å². The molecule has 0 radical (unpaired) electrons. The lowest BCUT2D eigenvalue weighted by Gasteiger charge is -2.04. The molecule has 1 aromatic carbocycles. The Balaban J connectivity index is 2.18. The Morgan fingerprint density at radius 1 is 1.26 bits per heavy atom. The van der Waals surface area contributed by atoms with Crippen LogP contribution in [0.25, 0.3) is 22.2 Å². The molecule has 0 unspecified atom stereocenters. The van der Waals surface area contributed by atoms with Gasteiger partial charge < -0.3 is 15.5 Å². The molecule has 96 valence electrons. The zero-order chi connectivity index (χ0) is 13.2. The third-order valence-electron chi connectivity index (χ3n) is 3.08. The summed E-state index contributed by atoms with van der Waals surface area (Å²) in [5.74, 6) is 0.818. The van der Waals surface area contributed by atoms with Gasteiger partial charge in [0.2, 0.25) is 0 Å². The average Bonchev–Trinajstić information content (AvgIpc) is 2.91. The average molecular weight is 254 g/mol. The monoisotopic (exact) mass is 254 g/mol. The van der Waals surface area contributed by atoms with E-state index in [0.717, 1.165) is 33.6 Å². The molecule has 19 heavy (non-hydrogen) atoms. The van der Waals surface area contributed by atoms with Crippen molar-refractivity contribution in [3.05, 3.63) is 42.5 Å². The number of nitrogens with two attached hydrogens (primary N) is 1. The maximum absolute atomic E-state index is 5.53. The van der Waals surface area contributed by atoms with Gasteiger partial charge in [0.25, 0.3) is 0 Å². The molecule has 0 aliphatic carbocycles. The number of benzene rings is 1. The number of rotatable bonds is 3. The van der Waals surface area contributed by atoms with Gasteiger partial charge in [-0.1, -0.05) is 6.07 Å². The standard InChI is InChI=1S/C14H14N4O/c1-19-13-4-2-3-11-14(13)10(7-18-11)12-8-16-9(5-15)6-17-12/h2-4,6-8,18H,5,15H2,1H3. The topological polar surface area (TPSA) is 76.8 Å². The van der Waals surface area contributed by atoms with E-state index in [1.54, 1.807) is 19.5 Å². The Morgan fingerprint density at radius 2 is 2.16 bits per heavy atom. The number of ether oxygens (including phenoxy) is 1. The largest absolute Gasteiger partial charge is 0.496 e. The van der Waals surface area contributed by atoms with Crippen LogP contribution < -0.4 is 10.5 Å². The van der Waals surface area contributed by atoms with Gasteiger partial charge in [0.1, 0.15) is 5.75 Å². The lowest BCUT2D eigenvalue weighted by atomic mass is 10.1. The zero-order valence-corrected chi connectivity index (χ0v) is 10.6. The second kappa shape index (κ2) is 4.70. The van der Waals surface area contributed by atoms with Crippen molar-refractivity contribution in [2.45, 2.75) is 6.54 Å². The van der Waals surface area contributed by atoms with E-state index >= 15 is 0 Å². The first kappa shape index (κ1) is 11.7. The third kappa shape index (κ3) is 1.94. The number of methoxy groups -OCH3 is 1. The zero-order valence-electron chi connectivity index (χ0n) is 10.6. The quantitative estimate of drug-likeness (QED) is 0.750. The number of nitrogens with zero attached hydrogens (tertiary/aromatic N) is 2.